The summed E-state index contributed by atoms with van der Waals surface area (Å²) in [7, 11) is 0. The van der Waals surface area contributed by atoms with Crippen molar-refractivity contribution >= 4 is 17.3 Å². The number of rotatable bonds is 4. The zero-order valence-electron chi connectivity index (χ0n) is 10.0. The van der Waals surface area contributed by atoms with Crippen LogP contribution in [0.1, 0.15) is 11.7 Å². The summed E-state index contributed by atoms with van der Waals surface area (Å²) in [6, 6.07) is 10.9. The fourth-order valence-corrected chi connectivity index (χ4v) is 1.73. The molecule has 0 aliphatic heterocycles. The van der Waals surface area contributed by atoms with Gasteiger partial charge in [-0.2, -0.15) is 0 Å². The van der Waals surface area contributed by atoms with Crippen LogP contribution < -0.4 is 10.5 Å². The van der Waals surface area contributed by atoms with Crippen molar-refractivity contribution in [3.05, 3.63) is 58.9 Å². The Labute approximate surface area is 115 Å². The molecular formula is C14H13ClFNO2. The highest BCUT2D eigenvalue weighted by Gasteiger charge is 2.09. The molecule has 5 heteroatoms. The van der Waals surface area contributed by atoms with Gasteiger partial charge in [-0.05, 0) is 29.8 Å². The van der Waals surface area contributed by atoms with Gasteiger partial charge in [0.15, 0.2) is 0 Å². The minimum absolute atomic E-state index is 0.0144. The monoisotopic (exact) mass is 281 g/mol. The van der Waals surface area contributed by atoms with Crippen molar-refractivity contribution in [1.82, 2.24) is 0 Å². The lowest BCUT2D eigenvalue weighted by Crippen LogP contribution is -2.09. The lowest BCUT2D eigenvalue weighted by atomic mass is 10.1. The topological polar surface area (TPSA) is 55.5 Å². The van der Waals surface area contributed by atoms with E-state index < -0.39 is 11.9 Å². The summed E-state index contributed by atoms with van der Waals surface area (Å²) in [6.07, 6.45) is -0.788. The SMILES string of the molecule is Nc1ccc(C(O)COc2ccc(F)c(Cl)c2)cc1. The molecule has 2 aromatic rings. The molecular weight excluding hydrogens is 269 g/mol. The van der Waals surface area contributed by atoms with Crippen molar-refractivity contribution in [2.24, 2.45) is 0 Å². The molecule has 0 saturated heterocycles. The van der Waals surface area contributed by atoms with Crippen LogP contribution in [0, 0.1) is 5.82 Å². The van der Waals surface area contributed by atoms with Crippen LogP contribution in [0.15, 0.2) is 42.5 Å². The molecule has 0 aliphatic carbocycles. The highest BCUT2D eigenvalue weighted by molar-refractivity contribution is 6.30. The number of anilines is 1. The predicted octanol–water partition coefficient (Wildman–Crippen LogP) is 3.17. The Morgan fingerprint density at radius 1 is 1.21 bits per heavy atom. The number of aliphatic hydroxyl groups excluding tert-OH is 1. The van der Waals surface area contributed by atoms with Crippen LogP contribution in [0.25, 0.3) is 0 Å². The van der Waals surface area contributed by atoms with Crippen LogP contribution in [-0.4, -0.2) is 11.7 Å². The summed E-state index contributed by atoms with van der Waals surface area (Å²) in [6.45, 7) is 0.0475. The van der Waals surface area contributed by atoms with Gasteiger partial charge in [-0.15, -0.1) is 0 Å². The standard InChI is InChI=1S/C14H13ClFNO2/c15-12-7-11(5-6-13(12)16)19-8-14(18)9-1-3-10(17)4-2-9/h1-7,14,18H,8,17H2. The molecule has 0 aromatic heterocycles. The van der Waals surface area contributed by atoms with Crippen molar-refractivity contribution in [3.63, 3.8) is 0 Å². The first kappa shape index (κ1) is 13.6. The van der Waals surface area contributed by atoms with Gasteiger partial charge in [-0.3, -0.25) is 0 Å². The number of hydrogen-bond acceptors (Lipinski definition) is 3. The van der Waals surface area contributed by atoms with Crippen LogP contribution in [0.5, 0.6) is 5.75 Å². The third-order valence-electron chi connectivity index (χ3n) is 2.62. The summed E-state index contributed by atoms with van der Waals surface area (Å²) in [5.41, 5.74) is 6.88. The van der Waals surface area contributed by atoms with E-state index in [9.17, 15) is 9.50 Å². The van der Waals surface area contributed by atoms with E-state index in [1.807, 2.05) is 0 Å². The van der Waals surface area contributed by atoms with Crippen molar-refractivity contribution in [3.8, 4) is 5.75 Å². The molecule has 19 heavy (non-hydrogen) atoms. The molecule has 0 radical (unpaired) electrons. The normalized spacial score (nSPS) is 12.2. The number of ether oxygens (including phenoxy) is 1. The Kier molecular flexibility index (Phi) is 4.24. The fourth-order valence-electron chi connectivity index (χ4n) is 1.56. The zero-order chi connectivity index (χ0) is 13.8. The van der Waals surface area contributed by atoms with Crippen LogP contribution in [-0.2, 0) is 0 Å². The van der Waals surface area contributed by atoms with Gasteiger partial charge in [-0.25, -0.2) is 4.39 Å². The van der Waals surface area contributed by atoms with Gasteiger partial charge in [0.2, 0.25) is 0 Å². The van der Waals surface area contributed by atoms with Crippen molar-refractivity contribution < 1.29 is 14.2 Å². The van der Waals surface area contributed by atoms with E-state index in [1.165, 1.54) is 18.2 Å². The Hall–Kier alpha value is -1.78. The molecule has 0 heterocycles. The second-order valence-electron chi connectivity index (χ2n) is 4.07. The number of benzene rings is 2. The van der Waals surface area contributed by atoms with Gasteiger partial charge in [0, 0.05) is 11.8 Å². The lowest BCUT2D eigenvalue weighted by molar-refractivity contribution is 0.108. The van der Waals surface area contributed by atoms with Gasteiger partial charge in [0.05, 0.1) is 5.02 Å². The second-order valence-corrected chi connectivity index (χ2v) is 4.48. The maximum Gasteiger partial charge on any atom is 0.142 e. The molecule has 3 nitrogen and oxygen atoms in total. The Morgan fingerprint density at radius 2 is 1.89 bits per heavy atom. The molecule has 1 atom stereocenters. The van der Waals surface area contributed by atoms with Gasteiger partial charge in [0.1, 0.15) is 24.3 Å². The van der Waals surface area contributed by atoms with Gasteiger partial charge >= 0.3 is 0 Å². The summed E-state index contributed by atoms with van der Waals surface area (Å²) in [4.78, 5) is 0. The van der Waals surface area contributed by atoms with E-state index in [1.54, 1.807) is 24.3 Å². The van der Waals surface area contributed by atoms with E-state index in [-0.39, 0.29) is 11.6 Å². The Balaban J connectivity index is 1.98. The van der Waals surface area contributed by atoms with E-state index >= 15 is 0 Å². The predicted molar refractivity (Wildman–Crippen MR) is 72.7 cm³/mol. The maximum atomic E-state index is 13.0. The molecule has 100 valence electrons. The number of nitrogens with two attached hydrogens (primary N) is 1. The molecule has 2 aromatic carbocycles. The van der Waals surface area contributed by atoms with Gasteiger partial charge in [-0.1, -0.05) is 23.7 Å². The van der Waals surface area contributed by atoms with Crippen molar-refractivity contribution in [2.75, 3.05) is 12.3 Å². The molecule has 0 aliphatic rings. The number of nitrogen functional groups attached to an aromatic ring is 1. The van der Waals surface area contributed by atoms with E-state index in [0.29, 0.717) is 17.0 Å². The summed E-state index contributed by atoms with van der Waals surface area (Å²) in [5.74, 6) is -0.103. The number of hydrogen-bond donors (Lipinski definition) is 2. The molecule has 0 amide bonds. The number of aliphatic hydroxyl groups is 1. The Morgan fingerprint density at radius 3 is 2.53 bits per heavy atom. The molecule has 0 spiro atoms. The van der Waals surface area contributed by atoms with Crippen molar-refractivity contribution in [2.45, 2.75) is 6.10 Å². The van der Waals surface area contributed by atoms with E-state index in [4.69, 9.17) is 22.1 Å². The smallest absolute Gasteiger partial charge is 0.142 e. The highest BCUT2D eigenvalue weighted by Crippen LogP contribution is 2.22. The number of halogens is 2. The first-order valence-electron chi connectivity index (χ1n) is 5.67. The maximum absolute atomic E-state index is 13.0. The fraction of sp³-hybridized carbons (Fsp3) is 0.143. The average Bonchev–Trinajstić information content (AvgIpc) is 2.40. The van der Waals surface area contributed by atoms with Crippen molar-refractivity contribution in [1.29, 1.82) is 0 Å². The first-order valence-corrected chi connectivity index (χ1v) is 6.05. The minimum atomic E-state index is -0.788. The highest BCUT2D eigenvalue weighted by atomic mass is 35.5. The molecule has 3 N–H and O–H groups in total. The third-order valence-corrected chi connectivity index (χ3v) is 2.91. The molecule has 2 rings (SSSR count). The Bertz CT molecular complexity index is 560. The molecule has 0 saturated carbocycles. The van der Waals surface area contributed by atoms with Gasteiger partial charge in [0.25, 0.3) is 0 Å². The zero-order valence-corrected chi connectivity index (χ0v) is 10.8. The van der Waals surface area contributed by atoms with E-state index in [2.05, 4.69) is 0 Å². The molecule has 0 fully saturated rings. The minimum Gasteiger partial charge on any atom is -0.490 e. The average molecular weight is 282 g/mol. The third kappa shape index (κ3) is 3.59. The second kappa shape index (κ2) is 5.91. The largest absolute Gasteiger partial charge is 0.490 e. The quantitative estimate of drug-likeness (QED) is 0.846. The lowest BCUT2D eigenvalue weighted by Gasteiger charge is -2.13. The van der Waals surface area contributed by atoms with Crippen LogP contribution in [0.3, 0.4) is 0 Å². The first-order chi connectivity index (χ1) is 9.06. The van der Waals surface area contributed by atoms with Crippen LogP contribution in [0.4, 0.5) is 10.1 Å². The summed E-state index contributed by atoms with van der Waals surface area (Å²) in [5, 5.41) is 9.91. The summed E-state index contributed by atoms with van der Waals surface area (Å²) < 4.78 is 18.3. The van der Waals surface area contributed by atoms with E-state index in [0.717, 1.165) is 0 Å². The molecule has 0 bridgehead atoms. The van der Waals surface area contributed by atoms with Crippen LogP contribution in [0.2, 0.25) is 5.02 Å². The summed E-state index contributed by atoms with van der Waals surface area (Å²) >= 11 is 5.63. The van der Waals surface area contributed by atoms with Crippen LogP contribution >= 0.6 is 11.6 Å². The molecule has 1 unspecified atom stereocenters. The van der Waals surface area contributed by atoms with Gasteiger partial charge < -0.3 is 15.6 Å².